The number of para-hydroxylation sites is 1. The summed E-state index contributed by atoms with van der Waals surface area (Å²) in [6, 6.07) is 13.3. The average Bonchev–Trinajstić information content (AvgIpc) is 3.02. The maximum absolute atomic E-state index is 12.4. The van der Waals surface area contributed by atoms with Crippen molar-refractivity contribution >= 4 is 35.0 Å². The second-order valence-electron chi connectivity index (χ2n) is 5.96. The van der Waals surface area contributed by atoms with Gasteiger partial charge < -0.3 is 11.2 Å². The average molecular weight is 402 g/mol. The minimum atomic E-state index is -0.119. The fourth-order valence-corrected chi connectivity index (χ4v) is 3.59. The van der Waals surface area contributed by atoms with Crippen molar-refractivity contribution in [2.24, 2.45) is 0 Å². The number of hydrogen-bond acceptors (Lipinski definition) is 5. The molecule has 3 N–H and O–H groups in total. The SMILES string of the molecule is CCc1cccc(C)c1NC(=O)CSc1nnc(-c2ccccc2Cl)n1N. The summed E-state index contributed by atoms with van der Waals surface area (Å²) in [5.41, 5.74) is 3.71. The molecule has 0 aliphatic rings. The zero-order chi connectivity index (χ0) is 19.4. The van der Waals surface area contributed by atoms with E-state index in [1.54, 1.807) is 6.07 Å². The van der Waals surface area contributed by atoms with E-state index in [9.17, 15) is 4.79 Å². The monoisotopic (exact) mass is 401 g/mol. The number of halogens is 1. The number of hydrogen-bond donors (Lipinski definition) is 2. The topological polar surface area (TPSA) is 85.8 Å². The Morgan fingerprint density at radius 1 is 1.22 bits per heavy atom. The van der Waals surface area contributed by atoms with Crippen molar-refractivity contribution in [3.63, 3.8) is 0 Å². The highest BCUT2D eigenvalue weighted by Crippen LogP contribution is 2.28. The number of rotatable bonds is 6. The number of amides is 1. The van der Waals surface area contributed by atoms with Crippen LogP contribution in [0.5, 0.6) is 0 Å². The Morgan fingerprint density at radius 2 is 2.00 bits per heavy atom. The lowest BCUT2D eigenvalue weighted by Gasteiger charge is -2.12. The van der Waals surface area contributed by atoms with E-state index in [4.69, 9.17) is 17.4 Å². The van der Waals surface area contributed by atoms with Gasteiger partial charge in [0.25, 0.3) is 0 Å². The highest BCUT2D eigenvalue weighted by molar-refractivity contribution is 7.99. The molecule has 27 heavy (non-hydrogen) atoms. The highest BCUT2D eigenvalue weighted by Gasteiger charge is 2.16. The van der Waals surface area contributed by atoms with Crippen molar-refractivity contribution in [2.45, 2.75) is 25.4 Å². The quantitative estimate of drug-likeness (QED) is 0.483. The number of benzene rings is 2. The first-order valence-electron chi connectivity index (χ1n) is 8.47. The number of nitrogens with two attached hydrogens (primary N) is 1. The molecule has 0 unspecified atom stereocenters. The number of aryl methyl sites for hydroxylation is 2. The van der Waals surface area contributed by atoms with Crippen LogP contribution < -0.4 is 11.2 Å². The van der Waals surface area contributed by atoms with Crippen molar-refractivity contribution in [2.75, 3.05) is 16.9 Å². The zero-order valence-electron chi connectivity index (χ0n) is 15.1. The number of anilines is 1. The number of carbonyl (C=O) groups excluding carboxylic acids is 1. The van der Waals surface area contributed by atoms with Crippen LogP contribution in [0.2, 0.25) is 5.02 Å². The molecule has 0 radical (unpaired) electrons. The van der Waals surface area contributed by atoms with Gasteiger partial charge in [0.1, 0.15) is 0 Å². The van der Waals surface area contributed by atoms with Crippen LogP contribution in [0.15, 0.2) is 47.6 Å². The molecule has 1 amide bonds. The molecule has 140 valence electrons. The molecule has 1 aromatic heterocycles. The van der Waals surface area contributed by atoms with Crippen molar-refractivity contribution < 1.29 is 4.79 Å². The molecule has 0 spiro atoms. The summed E-state index contributed by atoms with van der Waals surface area (Å²) in [6.07, 6.45) is 0.850. The number of nitrogen functional groups attached to an aromatic ring is 1. The van der Waals surface area contributed by atoms with Gasteiger partial charge in [0, 0.05) is 11.3 Å². The summed E-state index contributed by atoms with van der Waals surface area (Å²) in [7, 11) is 0. The molecule has 8 heteroatoms. The van der Waals surface area contributed by atoms with Crippen LogP contribution in [0.25, 0.3) is 11.4 Å². The number of thioether (sulfide) groups is 1. The van der Waals surface area contributed by atoms with E-state index in [-0.39, 0.29) is 11.7 Å². The van der Waals surface area contributed by atoms with Crippen molar-refractivity contribution in [3.05, 3.63) is 58.6 Å². The van der Waals surface area contributed by atoms with Crippen LogP contribution >= 0.6 is 23.4 Å². The standard InChI is InChI=1S/C19H20ClN5OS/c1-3-13-8-6-7-12(2)17(13)22-16(26)11-27-19-24-23-18(25(19)21)14-9-4-5-10-15(14)20/h4-10H,3,11,21H2,1-2H3,(H,22,26). The van der Waals surface area contributed by atoms with E-state index in [0.29, 0.717) is 21.6 Å². The number of nitrogens with one attached hydrogen (secondary N) is 1. The highest BCUT2D eigenvalue weighted by atomic mass is 35.5. The van der Waals surface area contributed by atoms with Crippen molar-refractivity contribution in [3.8, 4) is 11.4 Å². The van der Waals surface area contributed by atoms with E-state index in [2.05, 4.69) is 22.4 Å². The lowest BCUT2D eigenvalue weighted by Crippen LogP contribution is -2.18. The smallest absolute Gasteiger partial charge is 0.234 e. The van der Waals surface area contributed by atoms with E-state index < -0.39 is 0 Å². The zero-order valence-corrected chi connectivity index (χ0v) is 16.6. The van der Waals surface area contributed by atoms with Gasteiger partial charge in [0.05, 0.1) is 10.8 Å². The van der Waals surface area contributed by atoms with Gasteiger partial charge in [-0.2, -0.15) is 0 Å². The Morgan fingerprint density at radius 3 is 2.74 bits per heavy atom. The Labute approximate surface area is 167 Å². The summed E-state index contributed by atoms with van der Waals surface area (Å²) in [4.78, 5) is 12.4. The van der Waals surface area contributed by atoms with Crippen LogP contribution in [0, 0.1) is 6.92 Å². The Kier molecular flexibility index (Phi) is 6.03. The van der Waals surface area contributed by atoms with Gasteiger partial charge in [-0.25, -0.2) is 4.68 Å². The Bertz CT molecular complexity index is 972. The molecular weight excluding hydrogens is 382 g/mol. The summed E-state index contributed by atoms with van der Waals surface area (Å²) >= 11 is 7.42. The van der Waals surface area contributed by atoms with Gasteiger partial charge >= 0.3 is 0 Å². The van der Waals surface area contributed by atoms with Gasteiger partial charge in [-0.1, -0.05) is 60.6 Å². The van der Waals surface area contributed by atoms with Crippen LogP contribution in [0.4, 0.5) is 5.69 Å². The van der Waals surface area contributed by atoms with Gasteiger partial charge in [-0.05, 0) is 36.6 Å². The van der Waals surface area contributed by atoms with Crippen LogP contribution in [-0.2, 0) is 11.2 Å². The van der Waals surface area contributed by atoms with Gasteiger partial charge in [-0.15, -0.1) is 10.2 Å². The third kappa shape index (κ3) is 4.26. The molecule has 3 aromatic rings. The number of nitrogens with zero attached hydrogens (tertiary/aromatic N) is 3. The maximum Gasteiger partial charge on any atom is 0.234 e. The first-order valence-corrected chi connectivity index (χ1v) is 9.84. The molecule has 0 saturated carbocycles. The summed E-state index contributed by atoms with van der Waals surface area (Å²) < 4.78 is 1.35. The Balaban J connectivity index is 1.70. The van der Waals surface area contributed by atoms with E-state index in [0.717, 1.165) is 23.2 Å². The Hall–Kier alpha value is -2.51. The lowest BCUT2D eigenvalue weighted by atomic mass is 10.1. The van der Waals surface area contributed by atoms with Crippen LogP contribution in [0.3, 0.4) is 0 Å². The van der Waals surface area contributed by atoms with Gasteiger partial charge in [-0.3, -0.25) is 4.79 Å². The van der Waals surface area contributed by atoms with E-state index >= 15 is 0 Å². The molecular formula is C19H20ClN5OS. The first-order chi connectivity index (χ1) is 13.0. The van der Waals surface area contributed by atoms with Crippen LogP contribution in [-0.4, -0.2) is 26.5 Å². The lowest BCUT2D eigenvalue weighted by molar-refractivity contribution is -0.113. The van der Waals surface area contributed by atoms with Gasteiger partial charge in [0.2, 0.25) is 11.1 Å². The maximum atomic E-state index is 12.4. The molecule has 0 aliphatic carbocycles. The second-order valence-corrected chi connectivity index (χ2v) is 7.31. The summed E-state index contributed by atoms with van der Waals surface area (Å²) in [5, 5.41) is 12.1. The number of carbonyl (C=O) groups is 1. The first kappa shape index (κ1) is 19.3. The van der Waals surface area contributed by atoms with E-state index in [1.807, 2.05) is 43.3 Å². The molecule has 1 heterocycles. The summed E-state index contributed by atoms with van der Waals surface area (Å²) in [6.45, 7) is 4.04. The van der Waals surface area contributed by atoms with Crippen molar-refractivity contribution in [1.82, 2.24) is 14.9 Å². The molecule has 0 saturated heterocycles. The normalized spacial score (nSPS) is 10.8. The minimum Gasteiger partial charge on any atom is -0.335 e. The third-order valence-electron chi connectivity index (χ3n) is 4.12. The predicted molar refractivity (Wildman–Crippen MR) is 111 cm³/mol. The fraction of sp³-hybridized carbons (Fsp3) is 0.211. The third-order valence-corrected chi connectivity index (χ3v) is 5.39. The molecule has 0 aliphatic heterocycles. The van der Waals surface area contributed by atoms with Gasteiger partial charge in [0.15, 0.2) is 5.82 Å². The molecule has 0 bridgehead atoms. The number of aromatic nitrogens is 3. The molecule has 6 nitrogen and oxygen atoms in total. The van der Waals surface area contributed by atoms with E-state index in [1.165, 1.54) is 16.4 Å². The largest absolute Gasteiger partial charge is 0.335 e. The predicted octanol–water partition coefficient (Wildman–Crippen LogP) is 3.91. The van der Waals surface area contributed by atoms with Crippen LogP contribution in [0.1, 0.15) is 18.1 Å². The van der Waals surface area contributed by atoms with Crippen molar-refractivity contribution in [1.29, 1.82) is 0 Å². The molecule has 0 atom stereocenters. The molecule has 0 fully saturated rings. The fourth-order valence-electron chi connectivity index (χ4n) is 2.71. The minimum absolute atomic E-state index is 0.119. The summed E-state index contributed by atoms with van der Waals surface area (Å²) in [5.74, 6) is 6.60. The molecule has 3 rings (SSSR count). The second kappa shape index (κ2) is 8.45. The molecule has 2 aromatic carbocycles.